The fraction of sp³-hybridized carbons (Fsp3) is 0. The average Bonchev–Trinajstić information content (AvgIpc) is 0.722. The van der Waals surface area contributed by atoms with Crippen molar-refractivity contribution in [2.24, 2.45) is 0 Å². The summed E-state index contributed by atoms with van der Waals surface area (Å²) in [5, 5.41) is 0. The Kier molecular flexibility index (Phi) is 27.5. The molecular formula is H6BaFeLiO4P. The van der Waals surface area contributed by atoms with Gasteiger partial charge in [-0.15, -0.1) is 0 Å². The molecular weight excluding hydrogens is 295 g/mol. The Morgan fingerprint density at radius 1 is 1.25 bits per heavy atom. The van der Waals surface area contributed by atoms with Gasteiger partial charge >= 0.3 is 75.6 Å². The van der Waals surface area contributed by atoms with Crippen LogP contribution in [0.4, 0.5) is 0 Å². The van der Waals surface area contributed by atoms with E-state index in [-0.39, 0.29) is 89.1 Å². The van der Waals surface area contributed by atoms with Crippen molar-refractivity contribution in [3.63, 3.8) is 0 Å². The summed E-state index contributed by atoms with van der Waals surface area (Å²) in [6.07, 6.45) is 0. The topological polar surface area (TPSA) is 77.8 Å². The summed E-state index contributed by atoms with van der Waals surface area (Å²) in [5.41, 5.74) is 0. The zero-order chi connectivity index (χ0) is 4.50. The van der Waals surface area contributed by atoms with Gasteiger partial charge in [0.05, 0.1) is 0 Å². The van der Waals surface area contributed by atoms with Gasteiger partial charge < -0.3 is 19.0 Å². The van der Waals surface area contributed by atoms with Gasteiger partial charge in [-0.2, -0.15) is 0 Å². The molecule has 0 unspecified atom stereocenters. The van der Waals surface area contributed by atoms with Gasteiger partial charge in [0.2, 0.25) is 0 Å². The van der Waals surface area contributed by atoms with E-state index in [1.165, 1.54) is 0 Å². The summed E-state index contributed by atoms with van der Waals surface area (Å²) in [5.74, 6) is 0. The molecule has 0 aliphatic carbocycles. The van der Waals surface area contributed by atoms with Crippen LogP contribution in [-0.2, 0) is 21.6 Å². The van der Waals surface area contributed by atoms with Gasteiger partial charge in [-0.3, -0.25) is 0 Å². The molecule has 0 heterocycles. The van der Waals surface area contributed by atoms with Gasteiger partial charge in [-0.1, -0.05) is 0 Å². The smallest absolute Gasteiger partial charge is 1.00 e. The molecule has 8 heavy (non-hydrogen) atoms. The summed E-state index contributed by atoms with van der Waals surface area (Å²) >= 11 is 0. The van der Waals surface area contributed by atoms with Crippen molar-refractivity contribution in [3.8, 4) is 0 Å². The van der Waals surface area contributed by atoms with Crippen LogP contribution < -0.4 is 18.9 Å². The van der Waals surface area contributed by atoms with Gasteiger partial charge in [0.25, 0.3) is 0 Å². The quantitative estimate of drug-likeness (QED) is 0.315. The molecule has 0 fully saturated rings. The molecule has 3 N–H and O–H groups in total. The van der Waals surface area contributed by atoms with Crippen molar-refractivity contribution in [2.45, 2.75) is 0 Å². The molecule has 0 aliphatic rings. The SMILES string of the molecule is O=P(O)(O)O.[Ba+2].[Fe].[H-].[H-].[H-].[Li+]. The third-order valence-electron chi connectivity index (χ3n) is 0. The van der Waals surface area contributed by atoms with E-state index in [0.717, 1.165) is 0 Å². The molecule has 0 rings (SSSR count). The maximum Gasteiger partial charge on any atom is 2.00 e. The molecule has 0 atom stereocenters. The minimum absolute atomic E-state index is 0. The molecule has 0 amide bonds. The van der Waals surface area contributed by atoms with Crippen LogP contribution in [0.3, 0.4) is 0 Å². The van der Waals surface area contributed by atoms with Crippen LogP contribution in [0, 0.1) is 0 Å². The molecule has 0 saturated carbocycles. The molecule has 0 saturated heterocycles. The van der Waals surface area contributed by atoms with Crippen LogP contribution in [-0.4, -0.2) is 63.6 Å². The Labute approximate surface area is 114 Å². The first kappa shape index (κ1) is 22.4. The van der Waals surface area contributed by atoms with E-state index in [4.69, 9.17) is 19.2 Å². The third-order valence-corrected chi connectivity index (χ3v) is 0. The van der Waals surface area contributed by atoms with Crippen LogP contribution in [0.1, 0.15) is 4.28 Å². The van der Waals surface area contributed by atoms with E-state index in [9.17, 15) is 0 Å². The summed E-state index contributed by atoms with van der Waals surface area (Å²) in [7, 11) is -4.64. The standard InChI is InChI=1S/Ba.Fe.Li.H3O4P.3H/c;;;1-5(2,3)4;;;/h;;;(H3,1,2,3,4);;;/q+2;;+1;;3*-1. The first-order chi connectivity index (χ1) is 2.00. The molecule has 0 aromatic carbocycles. The van der Waals surface area contributed by atoms with Crippen LogP contribution >= 0.6 is 7.82 Å². The zero-order valence-electron chi connectivity index (χ0n) is 7.26. The summed E-state index contributed by atoms with van der Waals surface area (Å²) < 4.78 is 8.88. The fourth-order valence-corrected chi connectivity index (χ4v) is 0. The van der Waals surface area contributed by atoms with Crippen molar-refractivity contribution >= 4 is 56.7 Å². The molecule has 0 spiro atoms. The van der Waals surface area contributed by atoms with E-state index < -0.39 is 7.82 Å². The van der Waals surface area contributed by atoms with Gasteiger partial charge in [0.15, 0.2) is 0 Å². The largest absolute Gasteiger partial charge is 2.00 e. The van der Waals surface area contributed by atoms with E-state index >= 15 is 0 Å². The fourth-order valence-electron chi connectivity index (χ4n) is 0. The molecule has 0 bridgehead atoms. The molecule has 0 aromatic rings. The van der Waals surface area contributed by atoms with Gasteiger partial charge in [0.1, 0.15) is 0 Å². The Balaban J connectivity index is -0.00000000533. The maximum absolute atomic E-state index is 8.88. The van der Waals surface area contributed by atoms with Crippen LogP contribution in [0.25, 0.3) is 0 Å². The predicted octanol–water partition coefficient (Wildman–Crippen LogP) is -3.97. The van der Waals surface area contributed by atoms with Crippen molar-refractivity contribution in [3.05, 3.63) is 0 Å². The predicted molar refractivity (Wildman–Crippen MR) is 23.4 cm³/mol. The van der Waals surface area contributed by atoms with Crippen LogP contribution in [0.15, 0.2) is 0 Å². The first-order valence-electron chi connectivity index (χ1n) is 0.783. The Morgan fingerprint density at radius 3 is 1.25 bits per heavy atom. The second-order valence-corrected chi connectivity index (χ2v) is 1.54. The van der Waals surface area contributed by atoms with Crippen LogP contribution in [0.2, 0.25) is 0 Å². The minimum atomic E-state index is -4.64. The van der Waals surface area contributed by atoms with E-state index in [1.807, 2.05) is 0 Å². The van der Waals surface area contributed by atoms with Gasteiger partial charge in [-0.05, 0) is 0 Å². The van der Waals surface area contributed by atoms with Gasteiger partial charge in [-0.25, -0.2) is 4.57 Å². The molecule has 4 nitrogen and oxygen atoms in total. The van der Waals surface area contributed by atoms with Crippen molar-refractivity contribution < 1.29 is 59.5 Å². The molecule has 46 valence electrons. The zero-order valence-corrected chi connectivity index (χ0v) is 10.7. The summed E-state index contributed by atoms with van der Waals surface area (Å²) in [6, 6.07) is 0. The second-order valence-electron chi connectivity index (χ2n) is 0.513. The maximum atomic E-state index is 8.88. The monoisotopic (exact) mass is 302 g/mol. The average molecular weight is 301 g/mol. The van der Waals surface area contributed by atoms with E-state index in [2.05, 4.69) is 0 Å². The molecule has 8 heteroatoms. The first-order valence-corrected chi connectivity index (χ1v) is 2.35. The Hall–Kier alpha value is 2.80. The minimum Gasteiger partial charge on any atom is -1.00 e. The molecule has 0 aromatic heterocycles. The number of hydrogen-bond acceptors (Lipinski definition) is 1. The summed E-state index contributed by atoms with van der Waals surface area (Å²) in [6.45, 7) is 0. The molecule has 0 aliphatic heterocycles. The van der Waals surface area contributed by atoms with Crippen molar-refractivity contribution in [1.29, 1.82) is 0 Å². The number of phosphoric acid groups is 1. The summed E-state index contributed by atoms with van der Waals surface area (Å²) in [4.78, 5) is 21.6. The van der Waals surface area contributed by atoms with Gasteiger partial charge in [0, 0.05) is 17.1 Å². The Morgan fingerprint density at radius 2 is 1.25 bits per heavy atom. The third kappa shape index (κ3) is 68.3. The van der Waals surface area contributed by atoms with E-state index in [0.29, 0.717) is 0 Å². The number of rotatable bonds is 0. The van der Waals surface area contributed by atoms with Crippen molar-refractivity contribution in [2.75, 3.05) is 0 Å². The van der Waals surface area contributed by atoms with Crippen molar-refractivity contribution in [1.82, 2.24) is 0 Å². The normalized spacial score (nSPS) is 7.38. The molecule has 0 radical (unpaired) electrons. The Bertz CT molecular complexity index is 71.5. The van der Waals surface area contributed by atoms with Crippen LogP contribution in [0.5, 0.6) is 0 Å². The van der Waals surface area contributed by atoms with E-state index in [1.54, 1.807) is 0 Å². The number of hydrogen-bond donors (Lipinski definition) is 3. The second kappa shape index (κ2) is 9.80.